The molecule has 2 nitrogen and oxygen atoms in total. The van der Waals surface area contributed by atoms with E-state index in [9.17, 15) is 0 Å². The Labute approximate surface area is 128 Å². The van der Waals surface area contributed by atoms with Crippen molar-refractivity contribution in [2.24, 2.45) is 0 Å². The van der Waals surface area contributed by atoms with Crippen molar-refractivity contribution in [2.75, 3.05) is 5.73 Å². The molecule has 1 aliphatic rings. The summed E-state index contributed by atoms with van der Waals surface area (Å²) in [7, 11) is 0. The van der Waals surface area contributed by atoms with Crippen molar-refractivity contribution in [3.05, 3.63) is 57.6 Å². The van der Waals surface area contributed by atoms with Crippen molar-refractivity contribution in [3.63, 3.8) is 0 Å². The van der Waals surface area contributed by atoms with Gasteiger partial charge in [0.05, 0.1) is 0 Å². The number of anilines is 1. The number of benzene rings is 2. The van der Waals surface area contributed by atoms with Crippen molar-refractivity contribution >= 4 is 21.6 Å². The Hall–Kier alpha value is -1.48. The molecular formula is C17H18BrNO. The van der Waals surface area contributed by atoms with Crippen LogP contribution in [-0.2, 0) is 19.4 Å². The minimum atomic E-state index is 0.552. The molecule has 0 unspecified atom stereocenters. The van der Waals surface area contributed by atoms with Crippen LogP contribution in [0.4, 0.5) is 5.69 Å². The lowest BCUT2D eigenvalue weighted by Gasteiger charge is -2.17. The predicted molar refractivity (Wildman–Crippen MR) is 86.0 cm³/mol. The van der Waals surface area contributed by atoms with Crippen LogP contribution in [0.2, 0.25) is 0 Å². The van der Waals surface area contributed by atoms with E-state index in [1.54, 1.807) is 0 Å². The Balaban J connectivity index is 1.70. The normalized spacial score (nSPS) is 13.8. The lowest BCUT2D eigenvalue weighted by Crippen LogP contribution is -2.03. The zero-order valence-corrected chi connectivity index (χ0v) is 12.9. The van der Waals surface area contributed by atoms with Crippen LogP contribution in [0.15, 0.2) is 40.9 Å². The first-order valence-electron chi connectivity index (χ1n) is 7.01. The van der Waals surface area contributed by atoms with Gasteiger partial charge in [0.25, 0.3) is 0 Å². The van der Waals surface area contributed by atoms with E-state index in [0.717, 1.165) is 21.5 Å². The number of fused-ring (bicyclic) bond motifs is 1. The molecule has 20 heavy (non-hydrogen) atoms. The molecule has 0 saturated carbocycles. The molecule has 0 saturated heterocycles. The predicted octanol–water partition coefficient (Wildman–Crippen LogP) is 4.49. The van der Waals surface area contributed by atoms with Crippen molar-refractivity contribution in [1.29, 1.82) is 0 Å². The van der Waals surface area contributed by atoms with E-state index < -0.39 is 0 Å². The van der Waals surface area contributed by atoms with Crippen LogP contribution in [0, 0.1) is 0 Å². The average molecular weight is 332 g/mol. The van der Waals surface area contributed by atoms with Crippen LogP contribution in [-0.4, -0.2) is 0 Å². The lowest BCUT2D eigenvalue weighted by atomic mass is 9.92. The smallest absolute Gasteiger partial charge is 0.120 e. The van der Waals surface area contributed by atoms with E-state index >= 15 is 0 Å². The maximum atomic E-state index is 5.88. The monoisotopic (exact) mass is 331 g/mol. The van der Waals surface area contributed by atoms with Gasteiger partial charge >= 0.3 is 0 Å². The van der Waals surface area contributed by atoms with E-state index in [-0.39, 0.29) is 0 Å². The molecule has 0 fully saturated rings. The Bertz CT molecular complexity index is 624. The highest BCUT2D eigenvalue weighted by molar-refractivity contribution is 9.10. The SMILES string of the molecule is Nc1cc(COc2ccc3c(c2)CCCC3)ccc1Br. The third kappa shape index (κ3) is 2.98. The number of ether oxygens (including phenoxy) is 1. The molecule has 0 aliphatic heterocycles. The third-order valence-corrected chi connectivity index (χ3v) is 4.51. The topological polar surface area (TPSA) is 35.2 Å². The number of halogens is 1. The molecule has 0 heterocycles. The zero-order chi connectivity index (χ0) is 13.9. The quantitative estimate of drug-likeness (QED) is 0.841. The Morgan fingerprint density at radius 1 is 1.00 bits per heavy atom. The minimum absolute atomic E-state index is 0.552. The fraction of sp³-hybridized carbons (Fsp3) is 0.294. The van der Waals surface area contributed by atoms with Crippen LogP contribution in [0.25, 0.3) is 0 Å². The van der Waals surface area contributed by atoms with E-state index in [1.165, 1.54) is 36.8 Å². The molecule has 0 atom stereocenters. The van der Waals surface area contributed by atoms with Gasteiger partial charge in [0.15, 0.2) is 0 Å². The molecule has 0 radical (unpaired) electrons. The number of nitrogen functional groups attached to an aromatic ring is 1. The Morgan fingerprint density at radius 3 is 2.60 bits per heavy atom. The van der Waals surface area contributed by atoms with E-state index in [0.29, 0.717) is 6.61 Å². The highest BCUT2D eigenvalue weighted by Crippen LogP contribution is 2.26. The first kappa shape index (κ1) is 13.5. The molecule has 3 heteroatoms. The fourth-order valence-electron chi connectivity index (χ4n) is 2.65. The number of hydrogen-bond donors (Lipinski definition) is 1. The minimum Gasteiger partial charge on any atom is -0.489 e. The summed E-state index contributed by atoms with van der Waals surface area (Å²) in [4.78, 5) is 0. The molecule has 0 aromatic heterocycles. The van der Waals surface area contributed by atoms with Crippen LogP contribution in [0.5, 0.6) is 5.75 Å². The number of rotatable bonds is 3. The van der Waals surface area contributed by atoms with Gasteiger partial charge in [-0.15, -0.1) is 0 Å². The average Bonchev–Trinajstić information content (AvgIpc) is 2.48. The van der Waals surface area contributed by atoms with Gasteiger partial charge in [-0.2, -0.15) is 0 Å². The molecule has 104 valence electrons. The Kier molecular flexibility index (Phi) is 3.97. The third-order valence-electron chi connectivity index (χ3n) is 3.79. The van der Waals surface area contributed by atoms with Gasteiger partial charge in [0.2, 0.25) is 0 Å². The van der Waals surface area contributed by atoms with E-state index in [4.69, 9.17) is 10.5 Å². The Morgan fingerprint density at radius 2 is 1.80 bits per heavy atom. The first-order chi connectivity index (χ1) is 9.72. The second-order valence-corrected chi connectivity index (χ2v) is 6.14. The van der Waals surface area contributed by atoms with E-state index in [2.05, 4.69) is 34.1 Å². The van der Waals surface area contributed by atoms with Crippen LogP contribution in [0.1, 0.15) is 29.5 Å². The van der Waals surface area contributed by atoms with Crippen molar-refractivity contribution in [2.45, 2.75) is 32.3 Å². The van der Waals surface area contributed by atoms with Gasteiger partial charge < -0.3 is 10.5 Å². The summed E-state index contributed by atoms with van der Waals surface area (Å²) < 4.78 is 6.81. The summed E-state index contributed by atoms with van der Waals surface area (Å²) in [6, 6.07) is 12.4. The first-order valence-corrected chi connectivity index (χ1v) is 7.80. The van der Waals surface area contributed by atoms with Crippen molar-refractivity contribution in [3.8, 4) is 5.75 Å². The maximum Gasteiger partial charge on any atom is 0.120 e. The molecule has 2 N–H and O–H groups in total. The summed E-state index contributed by atoms with van der Waals surface area (Å²) >= 11 is 3.40. The van der Waals surface area contributed by atoms with Gasteiger partial charge in [-0.3, -0.25) is 0 Å². The largest absolute Gasteiger partial charge is 0.489 e. The molecule has 0 bridgehead atoms. The molecule has 3 rings (SSSR count). The summed E-state index contributed by atoms with van der Waals surface area (Å²) in [5.41, 5.74) is 10.6. The van der Waals surface area contributed by atoms with Gasteiger partial charge in [-0.25, -0.2) is 0 Å². The van der Waals surface area contributed by atoms with Crippen LogP contribution < -0.4 is 10.5 Å². The molecule has 1 aliphatic carbocycles. The standard InChI is InChI=1S/C17H18BrNO/c18-16-8-5-12(9-17(16)19)11-20-15-7-6-13-3-1-2-4-14(13)10-15/h5-10H,1-4,11,19H2. The fourth-order valence-corrected chi connectivity index (χ4v) is 2.90. The van der Waals surface area contributed by atoms with Crippen molar-refractivity contribution < 1.29 is 4.74 Å². The van der Waals surface area contributed by atoms with Gasteiger partial charge in [-0.05, 0) is 82.6 Å². The second kappa shape index (κ2) is 5.88. The number of aryl methyl sites for hydroxylation is 2. The highest BCUT2D eigenvalue weighted by Gasteiger charge is 2.10. The number of hydrogen-bond acceptors (Lipinski definition) is 2. The maximum absolute atomic E-state index is 5.88. The highest BCUT2D eigenvalue weighted by atomic mass is 79.9. The van der Waals surface area contributed by atoms with Gasteiger partial charge in [0.1, 0.15) is 12.4 Å². The van der Waals surface area contributed by atoms with Crippen molar-refractivity contribution in [1.82, 2.24) is 0 Å². The molecular weight excluding hydrogens is 314 g/mol. The number of nitrogens with two attached hydrogens (primary N) is 1. The zero-order valence-electron chi connectivity index (χ0n) is 11.4. The second-order valence-electron chi connectivity index (χ2n) is 5.28. The molecule has 0 amide bonds. The van der Waals surface area contributed by atoms with Crippen LogP contribution >= 0.6 is 15.9 Å². The summed E-state index contributed by atoms with van der Waals surface area (Å²) in [5.74, 6) is 0.951. The van der Waals surface area contributed by atoms with E-state index in [1.807, 2.05) is 18.2 Å². The molecule has 2 aromatic carbocycles. The summed E-state index contributed by atoms with van der Waals surface area (Å²) in [5, 5.41) is 0. The molecule has 0 spiro atoms. The van der Waals surface area contributed by atoms with Crippen LogP contribution in [0.3, 0.4) is 0 Å². The van der Waals surface area contributed by atoms with Gasteiger partial charge in [-0.1, -0.05) is 12.1 Å². The summed E-state index contributed by atoms with van der Waals surface area (Å²) in [6.45, 7) is 0.552. The summed E-state index contributed by atoms with van der Waals surface area (Å²) in [6.07, 6.45) is 4.99. The molecule has 2 aromatic rings. The van der Waals surface area contributed by atoms with Gasteiger partial charge in [0, 0.05) is 10.2 Å². The lowest BCUT2D eigenvalue weighted by molar-refractivity contribution is 0.305.